The molecule has 8 heteroatoms. The van der Waals surface area contributed by atoms with Gasteiger partial charge in [0.25, 0.3) is 11.8 Å². The van der Waals surface area contributed by atoms with Crippen molar-refractivity contribution in [1.82, 2.24) is 9.80 Å². The van der Waals surface area contributed by atoms with Crippen molar-refractivity contribution in [2.45, 2.75) is 32.0 Å². The average molecular weight is 334 g/mol. The number of imide groups is 1. The second kappa shape index (κ2) is 6.21. The Labute approximate surface area is 138 Å². The largest absolute Gasteiger partial charge is 0.496 e. The molecular formula is C16H18N2O6. The molecule has 3 rings (SSSR count). The van der Waals surface area contributed by atoms with Crippen LogP contribution in [0.4, 0.5) is 0 Å². The second-order valence-corrected chi connectivity index (χ2v) is 5.74. The van der Waals surface area contributed by atoms with Crippen molar-refractivity contribution in [3.63, 3.8) is 0 Å². The number of benzene rings is 1. The highest BCUT2D eigenvalue weighted by Crippen LogP contribution is 2.36. The maximum Gasteiger partial charge on any atom is 0.258 e. The number of nitrogens with zero attached hydrogens (tertiary/aromatic N) is 2. The van der Waals surface area contributed by atoms with Crippen molar-refractivity contribution in [1.29, 1.82) is 0 Å². The molecule has 3 amide bonds. The van der Waals surface area contributed by atoms with Gasteiger partial charge in [-0.3, -0.25) is 19.3 Å². The van der Waals surface area contributed by atoms with Crippen molar-refractivity contribution in [3.8, 4) is 5.75 Å². The van der Waals surface area contributed by atoms with Gasteiger partial charge in [-0.1, -0.05) is 12.1 Å². The van der Waals surface area contributed by atoms with Crippen molar-refractivity contribution >= 4 is 17.7 Å². The number of carbonyl (C=O) groups excluding carboxylic acids is 3. The summed E-state index contributed by atoms with van der Waals surface area (Å²) >= 11 is 0. The predicted octanol–water partition coefficient (Wildman–Crippen LogP) is -0.389. The summed E-state index contributed by atoms with van der Waals surface area (Å²) in [6.45, 7) is -0.736. The Bertz CT molecular complexity index is 717. The van der Waals surface area contributed by atoms with Crippen LogP contribution in [0, 0.1) is 0 Å². The number of hydrogen-bond acceptors (Lipinski definition) is 6. The summed E-state index contributed by atoms with van der Waals surface area (Å²) in [5.74, 6) is -1.08. The molecule has 1 unspecified atom stereocenters. The normalized spacial score (nSPS) is 20.6. The second-order valence-electron chi connectivity index (χ2n) is 5.74. The number of aliphatic hydroxyl groups excluding tert-OH is 2. The number of likely N-dealkylation sites (tertiary alicyclic amines) is 1. The fraction of sp³-hybridized carbons (Fsp3) is 0.438. The summed E-state index contributed by atoms with van der Waals surface area (Å²) in [7, 11) is 1.42. The highest BCUT2D eigenvalue weighted by atomic mass is 16.5. The SMILES string of the molecule is COc1c(CO)ccc2c1C(=O)N(C1CCC(=O)N(CO)C1=O)C2. The molecule has 0 spiro atoms. The minimum Gasteiger partial charge on any atom is -0.496 e. The Balaban J connectivity index is 1.94. The monoisotopic (exact) mass is 334 g/mol. The van der Waals surface area contributed by atoms with Gasteiger partial charge in [0.15, 0.2) is 0 Å². The summed E-state index contributed by atoms with van der Waals surface area (Å²) in [5.41, 5.74) is 1.53. The fourth-order valence-electron chi connectivity index (χ4n) is 3.30. The quantitative estimate of drug-likeness (QED) is 0.726. The Morgan fingerprint density at radius 2 is 2.00 bits per heavy atom. The Morgan fingerprint density at radius 1 is 1.25 bits per heavy atom. The third-order valence-electron chi connectivity index (χ3n) is 4.52. The number of aliphatic hydroxyl groups is 2. The summed E-state index contributed by atoms with van der Waals surface area (Å²) in [6, 6.07) is 2.61. The minimum absolute atomic E-state index is 0.0934. The van der Waals surface area contributed by atoms with Crippen LogP contribution < -0.4 is 4.74 Å². The summed E-state index contributed by atoms with van der Waals surface area (Å²) < 4.78 is 5.27. The number of methoxy groups -OCH3 is 1. The van der Waals surface area contributed by atoms with Crippen molar-refractivity contribution < 1.29 is 29.3 Å². The minimum atomic E-state index is -0.794. The first-order valence-corrected chi connectivity index (χ1v) is 7.59. The lowest BCUT2D eigenvalue weighted by Crippen LogP contribution is -2.54. The molecule has 0 aliphatic carbocycles. The first-order valence-electron chi connectivity index (χ1n) is 7.59. The Morgan fingerprint density at radius 3 is 2.62 bits per heavy atom. The van der Waals surface area contributed by atoms with Gasteiger partial charge in [-0.2, -0.15) is 0 Å². The van der Waals surface area contributed by atoms with E-state index in [1.165, 1.54) is 12.0 Å². The molecule has 2 aliphatic rings. The van der Waals surface area contributed by atoms with Crippen LogP contribution >= 0.6 is 0 Å². The smallest absolute Gasteiger partial charge is 0.258 e. The zero-order valence-corrected chi connectivity index (χ0v) is 13.2. The highest BCUT2D eigenvalue weighted by Gasteiger charge is 2.43. The molecule has 2 aliphatic heterocycles. The van der Waals surface area contributed by atoms with Crippen LogP contribution in [-0.4, -0.2) is 57.6 Å². The Kier molecular flexibility index (Phi) is 4.25. The van der Waals surface area contributed by atoms with E-state index in [-0.39, 0.29) is 31.9 Å². The van der Waals surface area contributed by atoms with E-state index in [2.05, 4.69) is 0 Å². The number of ether oxygens (including phenoxy) is 1. The van der Waals surface area contributed by atoms with E-state index in [0.717, 1.165) is 4.90 Å². The zero-order valence-electron chi connectivity index (χ0n) is 13.2. The van der Waals surface area contributed by atoms with Crippen LogP contribution in [-0.2, 0) is 22.7 Å². The number of fused-ring (bicyclic) bond motifs is 1. The molecule has 1 atom stereocenters. The summed E-state index contributed by atoms with van der Waals surface area (Å²) in [4.78, 5) is 39.1. The van der Waals surface area contributed by atoms with Gasteiger partial charge in [0.1, 0.15) is 18.5 Å². The fourth-order valence-corrected chi connectivity index (χ4v) is 3.30. The van der Waals surface area contributed by atoms with Gasteiger partial charge in [-0.05, 0) is 12.0 Å². The third kappa shape index (κ3) is 2.35. The van der Waals surface area contributed by atoms with Gasteiger partial charge in [-0.25, -0.2) is 0 Å². The van der Waals surface area contributed by atoms with E-state index in [9.17, 15) is 24.6 Å². The molecule has 0 aromatic heterocycles. The van der Waals surface area contributed by atoms with Crippen molar-refractivity contribution in [2.24, 2.45) is 0 Å². The molecular weight excluding hydrogens is 316 g/mol. The van der Waals surface area contributed by atoms with Crippen LogP contribution in [0.3, 0.4) is 0 Å². The van der Waals surface area contributed by atoms with E-state index in [1.807, 2.05) is 0 Å². The van der Waals surface area contributed by atoms with E-state index >= 15 is 0 Å². The third-order valence-corrected chi connectivity index (χ3v) is 4.52. The van der Waals surface area contributed by atoms with Gasteiger partial charge in [0, 0.05) is 18.5 Å². The molecule has 1 fully saturated rings. The van der Waals surface area contributed by atoms with Crippen molar-refractivity contribution in [3.05, 3.63) is 28.8 Å². The van der Waals surface area contributed by atoms with Gasteiger partial charge < -0.3 is 19.8 Å². The molecule has 0 radical (unpaired) electrons. The zero-order chi connectivity index (χ0) is 17.4. The topological polar surface area (TPSA) is 107 Å². The van der Waals surface area contributed by atoms with E-state index < -0.39 is 24.6 Å². The molecule has 0 bridgehead atoms. The molecule has 2 N–H and O–H groups in total. The standard InChI is InChI=1S/C16H18N2O6/c1-24-14-10(7-19)3-2-9-6-17(16(23)13(9)14)11-4-5-12(21)18(8-20)15(11)22/h2-3,11,19-20H,4-8H2,1H3. The first kappa shape index (κ1) is 16.4. The number of amides is 3. The number of rotatable bonds is 4. The van der Waals surface area contributed by atoms with Crippen LogP contribution in [0.25, 0.3) is 0 Å². The van der Waals surface area contributed by atoms with Gasteiger partial charge in [0.05, 0.1) is 19.3 Å². The molecule has 24 heavy (non-hydrogen) atoms. The number of piperidine rings is 1. The van der Waals surface area contributed by atoms with E-state index in [4.69, 9.17) is 4.74 Å². The summed E-state index contributed by atoms with van der Waals surface area (Å²) in [5, 5.41) is 18.6. The molecule has 128 valence electrons. The maximum absolute atomic E-state index is 12.8. The lowest BCUT2D eigenvalue weighted by Gasteiger charge is -2.34. The Hall–Kier alpha value is -2.45. The molecule has 0 saturated carbocycles. The maximum atomic E-state index is 12.8. The number of carbonyl (C=O) groups is 3. The lowest BCUT2D eigenvalue weighted by atomic mass is 10.0. The molecule has 1 aromatic carbocycles. The van der Waals surface area contributed by atoms with Crippen LogP contribution in [0.1, 0.15) is 34.3 Å². The predicted molar refractivity (Wildman–Crippen MR) is 80.8 cm³/mol. The van der Waals surface area contributed by atoms with E-state index in [1.54, 1.807) is 12.1 Å². The molecule has 2 heterocycles. The van der Waals surface area contributed by atoms with Gasteiger partial charge in [0.2, 0.25) is 5.91 Å². The van der Waals surface area contributed by atoms with Crippen LogP contribution in [0.2, 0.25) is 0 Å². The number of hydrogen-bond donors (Lipinski definition) is 2. The molecule has 1 saturated heterocycles. The average Bonchev–Trinajstić information content (AvgIpc) is 2.91. The van der Waals surface area contributed by atoms with Crippen LogP contribution in [0.5, 0.6) is 5.75 Å². The molecule has 1 aromatic rings. The lowest BCUT2D eigenvalue weighted by molar-refractivity contribution is -0.156. The van der Waals surface area contributed by atoms with Gasteiger partial charge >= 0.3 is 0 Å². The van der Waals surface area contributed by atoms with Crippen LogP contribution in [0.15, 0.2) is 12.1 Å². The van der Waals surface area contributed by atoms with Crippen molar-refractivity contribution in [2.75, 3.05) is 13.8 Å². The summed E-state index contributed by atoms with van der Waals surface area (Å²) in [6.07, 6.45) is 0.319. The van der Waals surface area contributed by atoms with E-state index in [0.29, 0.717) is 22.4 Å². The first-order chi connectivity index (χ1) is 11.5. The van der Waals surface area contributed by atoms with Gasteiger partial charge in [-0.15, -0.1) is 0 Å². The highest BCUT2D eigenvalue weighted by molar-refractivity contribution is 6.06. The molecule has 8 nitrogen and oxygen atoms in total.